The third-order valence-corrected chi connectivity index (χ3v) is 5.82. The summed E-state index contributed by atoms with van der Waals surface area (Å²) in [6, 6.07) is 0.724. The van der Waals surface area contributed by atoms with Crippen molar-refractivity contribution in [1.29, 1.82) is 0 Å². The zero-order valence-corrected chi connectivity index (χ0v) is 16.7. The van der Waals surface area contributed by atoms with Gasteiger partial charge in [0, 0.05) is 25.0 Å². The predicted octanol–water partition coefficient (Wildman–Crippen LogP) is 3.53. The van der Waals surface area contributed by atoms with Crippen molar-refractivity contribution >= 4 is 11.3 Å². The highest BCUT2D eigenvalue weighted by molar-refractivity contribution is 7.13. The van der Waals surface area contributed by atoms with Crippen molar-refractivity contribution < 1.29 is 0 Å². The van der Waals surface area contributed by atoms with E-state index in [-0.39, 0.29) is 5.56 Å². The molecule has 0 N–H and O–H groups in total. The predicted molar refractivity (Wildman–Crippen MR) is 103 cm³/mol. The quantitative estimate of drug-likeness (QED) is 0.758. The second kappa shape index (κ2) is 7.38. The molecule has 136 valence electrons. The van der Waals surface area contributed by atoms with E-state index in [4.69, 9.17) is 4.98 Å². The zero-order valence-electron chi connectivity index (χ0n) is 15.9. The molecule has 0 bridgehead atoms. The molecule has 0 aliphatic heterocycles. The van der Waals surface area contributed by atoms with E-state index < -0.39 is 0 Å². The van der Waals surface area contributed by atoms with Crippen molar-refractivity contribution in [3.8, 4) is 10.6 Å². The minimum atomic E-state index is -0.0668. The normalized spacial score (nSPS) is 14.7. The Balaban J connectivity index is 1.82. The Bertz CT molecular complexity index is 804. The molecule has 0 saturated heterocycles. The topological polar surface area (TPSA) is 51.0 Å². The highest BCUT2D eigenvalue weighted by Crippen LogP contribution is 2.30. The van der Waals surface area contributed by atoms with Crippen LogP contribution < -0.4 is 5.56 Å². The van der Waals surface area contributed by atoms with Gasteiger partial charge in [0.1, 0.15) is 5.01 Å². The first-order chi connectivity index (χ1) is 11.9. The average Bonchev–Trinajstić information content (AvgIpc) is 3.30. The van der Waals surface area contributed by atoms with Crippen LogP contribution in [0.15, 0.2) is 10.2 Å². The third kappa shape index (κ3) is 4.18. The van der Waals surface area contributed by atoms with Crippen LogP contribution in [-0.2, 0) is 13.6 Å². The molecular formula is C19H28N4OS. The lowest BCUT2D eigenvalue weighted by atomic mass is 10.1. The summed E-state index contributed by atoms with van der Waals surface area (Å²) < 4.78 is 1.41. The Morgan fingerprint density at radius 1 is 1.36 bits per heavy atom. The smallest absolute Gasteiger partial charge is 0.277 e. The van der Waals surface area contributed by atoms with Crippen LogP contribution >= 0.6 is 11.3 Å². The minimum absolute atomic E-state index is 0.0668. The van der Waals surface area contributed by atoms with Gasteiger partial charge in [-0.05, 0) is 51.1 Å². The van der Waals surface area contributed by atoms with E-state index in [1.807, 2.05) is 13.8 Å². The van der Waals surface area contributed by atoms with E-state index in [0.717, 1.165) is 47.0 Å². The number of thiazole rings is 1. The Morgan fingerprint density at radius 3 is 2.72 bits per heavy atom. The summed E-state index contributed by atoms with van der Waals surface area (Å²) in [7, 11) is 1.70. The Kier molecular flexibility index (Phi) is 5.39. The molecule has 1 fully saturated rings. The Morgan fingerprint density at radius 2 is 2.08 bits per heavy atom. The van der Waals surface area contributed by atoms with Crippen molar-refractivity contribution in [2.45, 2.75) is 59.5 Å². The molecule has 1 aliphatic rings. The molecule has 0 amide bonds. The second-order valence-corrected chi connectivity index (χ2v) is 8.40. The van der Waals surface area contributed by atoms with Crippen molar-refractivity contribution in [3.05, 3.63) is 32.7 Å². The van der Waals surface area contributed by atoms with E-state index in [1.165, 1.54) is 23.9 Å². The lowest BCUT2D eigenvalue weighted by molar-refractivity contribution is 0.237. The van der Waals surface area contributed by atoms with Gasteiger partial charge >= 0.3 is 0 Å². The summed E-state index contributed by atoms with van der Waals surface area (Å²) in [6.45, 7) is 10.5. The van der Waals surface area contributed by atoms with Crippen LogP contribution in [0.1, 0.15) is 50.1 Å². The van der Waals surface area contributed by atoms with E-state index >= 15 is 0 Å². The molecule has 2 heterocycles. The van der Waals surface area contributed by atoms with E-state index in [2.05, 4.69) is 29.2 Å². The van der Waals surface area contributed by atoms with Crippen LogP contribution in [0.5, 0.6) is 0 Å². The van der Waals surface area contributed by atoms with Gasteiger partial charge in [0.15, 0.2) is 0 Å². The molecule has 5 nitrogen and oxygen atoms in total. The maximum absolute atomic E-state index is 12.5. The number of hydrogen-bond acceptors (Lipinski definition) is 5. The third-order valence-electron chi connectivity index (χ3n) is 4.91. The summed E-state index contributed by atoms with van der Waals surface area (Å²) in [5.74, 6) is 0.720. The standard InChI is InChI=1S/C19H28N4OS/c1-12(2)8-9-23(16-6-7-16)10-15-11-25-18(20-15)17-13(3)14(4)21-22(5)19(17)24/h11-12,16H,6-10H2,1-5H3. The molecule has 25 heavy (non-hydrogen) atoms. The van der Waals surface area contributed by atoms with Crippen molar-refractivity contribution in [3.63, 3.8) is 0 Å². The molecule has 1 aliphatic carbocycles. The number of hydrogen-bond donors (Lipinski definition) is 0. The first-order valence-electron chi connectivity index (χ1n) is 9.10. The molecule has 0 atom stereocenters. The van der Waals surface area contributed by atoms with Crippen molar-refractivity contribution in [2.75, 3.05) is 6.54 Å². The zero-order chi connectivity index (χ0) is 18.1. The molecule has 0 spiro atoms. The van der Waals surface area contributed by atoms with Crippen LogP contribution in [-0.4, -0.2) is 32.3 Å². The van der Waals surface area contributed by atoms with Gasteiger partial charge < -0.3 is 0 Å². The van der Waals surface area contributed by atoms with E-state index in [1.54, 1.807) is 18.4 Å². The summed E-state index contributed by atoms with van der Waals surface area (Å²) >= 11 is 1.57. The monoisotopic (exact) mass is 360 g/mol. The van der Waals surface area contributed by atoms with Gasteiger partial charge in [0.2, 0.25) is 0 Å². The summed E-state index contributed by atoms with van der Waals surface area (Å²) in [6.07, 6.45) is 3.83. The molecule has 6 heteroatoms. The fourth-order valence-corrected chi connectivity index (χ4v) is 3.96. The average molecular weight is 361 g/mol. The molecular weight excluding hydrogens is 332 g/mol. The molecule has 2 aromatic heterocycles. The van der Waals surface area contributed by atoms with Crippen molar-refractivity contribution in [1.82, 2.24) is 19.7 Å². The maximum atomic E-state index is 12.5. The molecule has 0 aromatic carbocycles. The van der Waals surface area contributed by atoms with E-state index in [9.17, 15) is 4.79 Å². The summed E-state index contributed by atoms with van der Waals surface area (Å²) in [5.41, 5.74) is 3.52. The van der Waals surface area contributed by atoms with Crippen LogP contribution in [0.25, 0.3) is 10.6 Å². The Hall–Kier alpha value is -1.53. The minimum Gasteiger partial charge on any atom is -0.295 e. The van der Waals surface area contributed by atoms with E-state index in [0.29, 0.717) is 5.56 Å². The molecule has 1 saturated carbocycles. The fraction of sp³-hybridized carbons (Fsp3) is 0.632. The summed E-state index contributed by atoms with van der Waals surface area (Å²) in [5, 5.41) is 7.18. The second-order valence-electron chi connectivity index (χ2n) is 7.54. The molecule has 0 unspecified atom stereocenters. The number of nitrogens with zero attached hydrogens (tertiary/aromatic N) is 4. The largest absolute Gasteiger partial charge is 0.295 e. The van der Waals surface area contributed by atoms with Crippen LogP contribution in [0.3, 0.4) is 0 Å². The molecule has 2 aromatic rings. The van der Waals surface area contributed by atoms with Gasteiger partial charge in [-0.2, -0.15) is 5.10 Å². The maximum Gasteiger partial charge on any atom is 0.277 e. The summed E-state index contributed by atoms with van der Waals surface area (Å²) in [4.78, 5) is 19.9. The highest BCUT2D eigenvalue weighted by atomic mass is 32.1. The van der Waals surface area contributed by atoms with Gasteiger partial charge in [-0.1, -0.05) is 13.8 Å². The van der Waals surface area contributed by atoms with Gasteiger partial charge in [0.05, 0.1) is 17.0 Å². The van der Waals surface area contributed by atoms with Crippen LogP contribution in [0, 0.1) is 19.8 Å². The van der Waals surface area contributed by atoms with Crippen LogP contribution in [0.4, 0.5) is 0 Å². The van der Waals surface area contributed by atoms with Gasteiger partial charge in [-0.3, -0.25) is 9.69 Å². The number of rotatable bonds is 7. The number of aryl methyl sites for hydroxylation is 2. The van der Waals surface area contributed by atoms with Crippen LogP contribution in [0.2, 0.25) is 0 Å². The van der Waals surface area contributed by atoms with Gasteiger partial charge in [-0.15, -0.1) is 11.3 Å². The van der Waals surface area contributed by atoms with Gasteiger partial charge in [-0.25, -0.2) is 9.67 Å². The first kappa shape index (κ1) is 18.3. The SMILES string of the molecule is Cc1nn(C)c(=O)c(-c2nc(CN(CCC(C)C)C3CC3)cs2)c1C. The Labute approximate surface area is 153 Å². The van der Waals surface area contributed by atoms with Gasteiger partial charge in [0.25, 0.3) is 5.56 Å². The number of aromatic nitrogens is 3. The molecule has 3 rings (SSSR count). The lowest BCUT2D eigenvalue weighted by Crippen LogP contribution is -2.27. The highest BCUT2D eigenvalue weighted by Gasteiger charge is 2.29. The first-order valence-corrected chi connectivity index (χ1v) is 9.98. The fourth-order valence-electron chi connectivity index (χ4n) is 3.06. The molecule has 0 radical (unpaired) electrons. The van der Waals surface area contributed by atoms with Crippen molar-refractivity contribution in [2.24, 2.45) is 13.0 Å². The lowest BCUT2D eigenvalue weighted by Gasteiger charge is -2.21.